The Labute approximate surface area is 176 Å². The molecular weight excluding hydrogens is 376 g/mol. The minimum absolute atomic E-state index is 0.267. The second-order valence-electron chi connectivity index (χ2n) is 7.03. The maximum absolute atomic E-state index is 5.91. The maximum atomic E-state index is 5.91. The summed E-state index contributed by atoms with van der Waals surface area (Å²) in [6, 6.07) is 19.8. The second kappa shape index (κ2) is 8.78. The third-order valence-corrected chi connectivity index (χ3v) is 4.69. The zero-order valence-corrected chi connectivity index (χ0v) is 17.3. The third-order valence-electron chi connectivity index (χ3n) is 4.69. The van der Waals surface area contributed by atoms with Crippen LogP contribution in [0.5, 0.6) is 5.88 Å². The molecule has 0 fully saturated rings. The van der Waals surface area contributed by atoms with Crippen molar-refractivity contribution in [1.82, 2.24) is 15.0 Å². The van der Waals surface area contributed by atoms with E-state index in [9.17, 15) is 0 Å². The summed E-state index contributed by atoms with van der Waals surface area (Å²) in [7, 11) is 0. The molecule has 152 valence electrons. The van der Waals surface area contributed by atoms with E-state index in [1.54, 1.807) is 6.07 Å². The number of nitrogens with one attached hydrogen (secondary N) is 1. The van der Waals surface area contributed by atoms with E-state index >= 15 is 0 Å². The van der Waals surface area contributed by atoms with Crippen LogP contribution in [0.1, 0.15) is 29.6 Å². The van der Waals surface area contributed by atoms with Gasteiger partial charge in [-0.2, -0.15) is 4.98 Å². The highest BCUT2D eigenvalue weighted by atomic mass is 16.5. The highest BCUT2D eigenvalue weighted by Crippen LogP contribution is 2.23. The van der Waals surface area contributed by atoms with E-state index in [4.69, 9.17) is 9.15 Å². The molecule has 2 aromatic carbocycles. The van der Waals surface area contributed by atoms with E-state index in [0.717, 1.165) is 34.8 Å². The predicted octanol–water partition coefficient (Wildman–Crippen LogP) is 5.63. The first-order valence-corrected chi connectivity index (χ1v) is 9.97. The molecular formula is C24H24N4O2. The molecule has 0 amide bonds. The number of ether oxygens (including phenoxy) is 1. The average Bonchev–Trinajstić information content (AvgIpc) is 3.13. The molecule has 0 aliphatic heterocycles. The lowest BCUT2D eigenvalue weighted by molar-refractivity contribution is 0.287. The zero-order chi connectivity index (χ0) is 20.9. The average molecular weight is 400 g/mol. The molecule has 0 aliphatic carbocycles. The van der Waals surface area contributed by atoms with Gasteiger partial charge in [-0.05, 0) is 50.1 Å². The maximum Gasteiger partial charge on any atom is 0.230 e. The van der Waals surface area contributed by atoms with E-state index in [0.29, 0.717) is 17.7 Å². The van der Waals surface area contributed by atoms with Crippen molar-refractivity contribution < 1.29 is 9.15 Å². The molecule has 2 aromatic heterocycles. The van der Waals surface area contributed by atoms with E-state index in [1.807, 2.05) is 56.3 Å². The molecule has 0 saturated carbocycles. The Hall–Kier alpha value is -3.67. The van der Waals surface area contributed by atoms with Gasteiger partial charge in [-0.15, -0.1) is 0 Å². The van der Waals surface area contributed by atoms with Gasteiger partial charge in [0.25, 0.3) is 0 Å². The van der Waals surface area contributed by atoms with Crippen molar-refractivity contribution in [3.63, 3.8) is 0 Å². The summed E-state index contributed by atoms with van der Waals surface area (Å²) < 4.78 is 11.7. The molecule has 0 saturated heterocycles. The molecule has 6 heteroatoms. The minimum Gasteiger partial charge on any atom is -0.471 e. The van der Waals surface area contributed by atoms with Gasteiger partial charge < -0.3 is 14.5 Å². The Bertz CT molecular complexity index is 1140. The lowest BCUT2D eigenvalue weighted by Crippen LogP contribution is -2.04. The van der Waals surface area contributed by atoms with Crippen molar-refractivity contribution in [1.29, 1.82) is 0 Å². The largest absolute Gasteiger partial charge is 0.471 e. The highest BCUT2D eigenvalue weighted by Gasteiger charge is 2.13. The number of benzene rings is 2. The van der Waals surface area contributed by atoms with Gasteiger partial charge in [0.15, 0.2) is 0 Å². The number of oxazole rings is 1. The van der Waals surface area contributed by atoms with Gasteiger partial charge in [-0.1, -0.05) is 37.3 Å². The van der Waals surface area contributed by atoms with Crippen LogP contribution in [0.3, 0.4) is 0 Å². The van der Waals surface area contributed by atoms with Crippen LogP contribution in [-0.4, -0.2) is 15.0 Å². The standard InChI is InChI=1S/C24H24N4O2/c1-4-18-9-8-12-20(14-18)26-24-25-16(2)13-22(28-24)29-15-21-17(3)30-23(27-21)19-10-6-5-7-11-19/h5-14H,4,15H2,1-3H3,(H,25,26,28). The fourth-order valence-electron chi connectivity index (χ4n) is 3.08. The first kappa shape index (κ1) is 19.6. The number of hydrogen-bond acceptors (Lipinski definition) is 6. The van der Waals surface area contributed by atoms with Crippen molar-refractivity contribution in [2.24, 2.45) is 0 Å². The molecule has 0 aliphatic rings. The zero-order valence-electron chi connectivity index (χ0n) is 17.3. The lowest BCUT2D eigenvalue weighted by atomic mass is 10.1. The predicted molar refractivity (Wildman–Crippen MR) is 117 cm³/mol. The quantitative estimate of drug-likeness (QED) is 0.433. The molecule has 0 bridgehead atoms. The van der Waals surface area contributed by atoms with Crippen LogP contribution in [0.15, 0.2) is 65.1 Å². The SMILES string of the molecule is CCc1cccc(Nc2nc(C)cc(OCc3nc(-c4ccccc4)oc3C)n2)c1. The molecule has 4 rings (SSSR count). The van der Waals surface area contributed by atoms with Crippen LogP contribution in [0.25, 0.3) is 11.5 Å². The molecule has 0 spiro atoms. The van der Waals surface area contributed by atoms with Gasteiger partial charge in [0.2, 0.25) is 17.7 Å². The van der Waals surface area contributed by atoms with Crippen molar-refractivity contribution in [2.75, 3.05) is 5.32 Å². The van der Waals surface area contributed by atoms with Crippen molar-refractivity contribution in [3.05, 3.63) is 83.4 Å². The van der Waals surface area contributed by atoms with Crippen LogP contribution in [0, 0.1) is 13.8 Å². The van der Waals surface area contributed by atoms with E-state index in [1.165, 1.54) is 5.56 Å². The molecule has 0 atom stereocenters. The normalized spacial score (nSPS) is 10.8. The summed E-state index contributed by atoms with van der Waals surface area (Å²) >= 11 is 0. The summed E-state index contributed by atoms with van der Waals surface area (Å²) in [6.45, 7) is 6.20. The van der Waals surface area contributed by atoms with Gasteiger partial charge in [-0.25, -0.2) is 9.97 Å². The number of rotatable bonds is 7. The fraction of sp³-hybridized carbons (Fsp3) is 0.208. The highest BCUT2D eigenvalue weighted by molar-refractivity contribution is 5.55. The molecule has 2 heterocycles. The van der Waals surface area contributed by atoms with Gasteiger partial charge in [0, 0.05) is 23.0 Å². The van der Waals surface area contributed by atoms with E-state index in [-0.39, 0.29) is 6.61 Å². The summed E-state index contributed by atoms with van der Waals surface area (Å²) in [4.78, 5) is 13.5. The lowest BCUT2D eigenvalue weighted by Gasteiger charge is -2.10. The summed E-state index contributed by atoms with van der Waals surface area (Å²) in [5.74, 6) is 2.30. The van der Waals surface area contributed by atoms with Crippen molar-refractivity contribution in [3.8, 4) is 17.3 Å². The minimum atomic E-state index is 0.267. The summed E-state index contributed by atoms with van der Waals surface area (Å²) in [5, 5.41) is 3.26. The molecule has 6 nitrogen and oxygen atoms in total. The molecule has 30 heavy (non-hydrogen) atoms. The number of aromatic nitrogens is 3. The smallest absolute Gasteiger partial charge is 0.230 e. The van der Waals surface area contributed by atoms with Crippen molar-refractivity contribution in [2.45, 2.75) is 33.8 Å². The summed E-state index contributed by atoms with van der Waals surface area (Å²) in [6.07, 6.45) is 0.973. The molecule has 1 N–H and O–H groups in total. The van der Waals surface area contributed by atoms with E-state index in [2.05, 4.69) is 39.3 Å². The Morgan fingerprint density at radius 1 is 0.933 bits per heavy atom. The first-order valence-electron chi connectivity index (χ1n) is 9.97. The Morgan fingerprint density at radius 2 is 1.77 bits per heavy atom. The van der Waals surface area contributed by atoms with E-state index < -0.39 is 0 Å². The Morgan fingerprint density at radius 3 is 2.57 bits per heavy atom. The molecule has 0 unspecified atom stereocenters. The molecule has 0 radical (unpaired) electrons. The molecule has 4 aromatic rings. The van der Waals surface area contributed by atoms with Gasteiger partial charge in [0.1, 0.15) is 18.1 Å². The Balaban J connectivity index is 1.48. The van der Waals surface area contributed by atoms with Gasteiger partial charge >= 0.3 is 0 Å². The number of nitrogens with zero attached hydrogens (tertiary/aromatic N) is 3. The van der Waals surface area contributed by atoms with Crippen LogP contribution < -0.4 is 10.1 Å². The third kappa shape index (κ3) is 4.66. The number of hydrogen-bond donors (Lipinski definition) is 1. The van der Waals surface area contributed by atoms with Gasteiger partial charge in [0.05, 0.1) is 0 Å². The topological polar surface area (TPSA) is 73.1 Å². The Kier molecular flexibility index (Phi) is 5.75. The van der Waals surface area contributed by atoms with Gasteiger partial charge in [-0.3, -0.25) is 0 Å². The summed E-state index contributed by atoms with van der Waals surface area (Å²) in [5.41, 5.74) is 4.70. The second-order valence-corrected chi connectivity index (χ2v) is 7.03. The van der Waals surface area contributed by atoms with Crippen LogP contribution in [0.4, 0.5) is 11.6 Å². The fourth-order valence-corrected chi connectivity index (χ4v) is 3.08. The van der Waals surface area contributed by atoms with Crippen molar-refractivity contribution >= 4 is 11.6 Å². The van der Waals surface area contributed by atoms with Crippen LogP contribution in [-0.2, 0) is 13.0 Å². The first-order chi connectivity index (χ1) is 14.6. The number of anilines is 2. The number of aryl methyl sites for hydroxylation is 3. The van der Waals surface area contributed by atoms with Crippen LogP contribution in [0.2, 0.25) is 0 Å². The monoisotopic (exact) mass is 400 g/mol. The van der Waals surface area contributed by atoms with Crippen LogP contribution >= 0.6 is 0 Å².